The zero-order valence-corrected chi connectivity index (χ0v) is 16.4. The minimum atomic E-state index is -0.306. The Morgan fingerprint density at radius 1 is 0.964 bits per heavy atom. The van der Waals surface area contributed by atoms with E-state index in [2.05, 4.69) is 0 Å². The number of nitrogens with zero attached hydrogens (tertiary/aromatic N) is 1. The van der Waals surface area contributed by atoms with E-state index in [0.29, 0.717) is 16.3 Å². The summed E-state index contributed by atoms with van der Waals surface area (Å²) in [6.07, 6.45) is 5.12. The number of benzene rings is 2. The van der Waals surface area contributed by atoms with Gasteiger partial charge in [-0.15, -0.1) is 0 Å². The van der Waals surface area contributed by atoms with Crippen LogP contribution in [-0.2, 0) is 17.6 Å². The van der Waals surface area contributed by atoms with Gasteiger partial charge < -0.3 is 9.47 Å². The zero-order chi connectivity index (χ0) is 19.3. The molecular weight excluding hydrogens is 374 g/mol. The zero-order valence-electron chi connectivity index (χ0n) is 15.6. The van der Waals surface area contributed by atoms with E-state index in [1.54, 1.807) is 12.1 Å². The molecule has 28 heavy (non-hydrogen) atoms. The van der Waals surface area contributed by atoms with Gasteiger partial charge in [-0.3, -0.25) is 4.98 Å². The Morgan fingerprint density at radius 2 is 1.75 bits per heavy atom. The van der Waals surface area contributed by atoms with Crippen LogP contribution in [0.1, 0.15) is 40.9 Å². The Labute approximate surface area is 169 Å². The van der Waals surface area contributed by atoms with E-state index >= 15 is 0 Å². The number of hydrogen-bond acceptors (Lipinski definition) is 4. The number of hydrogen-bond donors (Lipinski definition) is 0. The van der Waals surface area contributed by atoms with Crippen molar-refractivity contribution in [2.45, 2.75) is 32.1 Å². The maximum Gasteiger partial charge on any atom is 0.339 e. The Kier molecular flexibility index (Phi) is 5.77. The number of aryl methyl sites for hydroxylation is 1. The molecule has 0 saturated heterocycles. The van der Waals surface area contributed by atoms with Crippen LogP contribution in [0.5, 0.6) is 5.75 Å². The summed E-state index contributed by atoms with van der Waals surface area (Å²) < 4.78 is 11.2. The highest BCUT2D eigenvalue weighted by Crippen LogP contribution is 2.29. The molecule has 0 saturated carbocycles. The molecule has 1 heterocycles. The summed E-state index contributed by atoms with van der Waals surface area (Å²) in [6.45, 7) is 0.413. The van der Waals surface area contributed by atoms with Gasteiger partial charge in [-0.2, -0.15) is 0 Å². The molecule has 0 atom stereocenters. The molecule has 2 aromatic carbocycles. The molecule has 0 spiro atoms. The summed E-state index contributed by atoms with van der Waals surface area (Å²) in [5, 5.41) is 1.40. The lowest BCUT2D eigenvalue weighted by Crippen LogP contribution is -2.16. The van der Waals surface area contributed by atoms with E-state index in [1.165, 1.54) is 0 Å². The lowest BCUT2D eigenvalue weighted by atomic mass is 9.97. The molecule has 0 N–H and O–H groups in total. The lowest BCUT2D eigenvalue weighted by Gasteiger charge is -2.15. The minimum Gasteiger partial charge on any atom is -0.488 e. The fourth-order valence-corrected chi connectivity index (χ4v) is 3.89. The van der Waals surface area contributed by atoms with Gasteiger partial charge in [0, 0.05) is 11.1 Å². The Balaban J connectivity index is 1.53. The predicted molar refractivity (Wildman–Crippen MR) is 110 cm³/mol. The van der Waals surface area contributed by atoms with Gasteiger partial charge in [-0.1, -0.05) is 48.4 Å². The minimum absolute atomic E-state index is 0.162. The Morgan fingerprint density at radius 3 is 2.64 bits per heavy atom. The van der Waals surface area contributed by atoms with Crippen LogP contribution in [0, 0.1) is 0 Å². The molecule has 3 aromatic rings. The second-order valence-electron chi connectivity index (χ2n) is 6.90. The number of para-hydroxylation sites is 2. The molecule has 4 nitrogen and oxygen atoms in total. The number of ether oxygens (including phenoxy) is 2. The third-order valence-electron chi connectivity index (χ3n) is 5.03. The molecule has 4 rings (SSSR count). The molecule has 0 radical (unpaired) electrons. The molecule has 1 aromatic heterocycles. The molecule has 1 aliphatic carbocycles. The highest BCUT2D eigenvalue weighted by Gasteiger charge is 2.22. The van der Waals surface area contributed by atoms with Crippen LogP contribution in [0.25, 0.3) is 10.9 Å². The van der Waals surface area contributed by atoms with Crippen LogP contribution in [0.2, 0.25) is 5.02 Å². The number of aromatic nitrogens is 1. The van der Waals surface area contributed by atoms with E-state index in [0.717, 1.165) is 54.3 Å². The highest BCUT2D eigenvalue weighted by atomic mass is 35.5. The molecule has 0 amide bonds. The number of carbonyl (C=O) groups excluding carboxylic acids is 1. The number of esters is 1. The van der Waals surface area contributed by atoms with Crippen molar-refractivity contribution >= 4 is 28.5 Å². The van der Waals surface area contributed by atoms with E-state index in [9.17, 15) is 4.79 Å². The molecule has 144 valence electrons. The quantitative estimate of drug-likeness (QED) is 0.330. The van der Waals surface area contributed by atoms with Gasteiger partial charge in [0.25, 0.3) is 0 Å². The average molecular weight is 396 g/mol. The summed E-state index contributed by atoms with van der Waals surface area (Å²) in [6, 6.07) is 15.0. The van der Waals surface area contributed by atoms with E-state index in [-0.39, 0.29) is 19.2 Å². The third-order valence-corrected chi connectivity index (χ3v) is 5.35. The van der Waals surface area contributed by atoms with Crippen molar-refractivity contribution in [3.8, 4) is 5.75 Å². The van der Waals surface area contributed by atoms with Crippen LogP contribution < -0.4 is 4.74 Å². The summed E-state index contributed by atoms with van der Waals surface area (Å²) in [5.41, 5.74) is 3.60. The Hall–Kier alpha value is -2.59. The number of rotatable bonds is 5. The van der Waals surface area contributed by atoms with Crippen LogP contribution in [0.4, 0.5) is 0 Å². The summed E-state index contributed by atoms with van der Waals surface area (Å²) in [7, 11) is 0. The summed E-state index contributed by atoms with van der Waals surface area (Å²) in [5.74, 6) is 0.281. The number of halogens is 1. The van der Waals surface area contributed by atoms with Crippen molar-refractivity contribution in [2.24, 2.45) is 0 Å². The van der Waals surface area contributed by atoms with Crippen molar-refractivity contribution in [3.05, 3.63) is 70.4 Å². The van der Waals surface area contributed by atoms with Crippen molar-refractivity contribution in [1.82, 2.24) is 4.98 Å². The first-order chi connectivity index (χ1) is 13.7. The molecule has 0 bridgehead atoms. The number of carbonyl (C=O) groups is 1. The molecule has 5 heteroatoms. The summed E-state index contributed by atoms with van der Waals surface area (Å²) >= 11 is 6.08. The SMILES string of the molecule is O=C(OCCOc1ccccc1Cl)c1c2c(nc3ccccc13)CCCCC2. The Bertz CT molecular complexity index is 1000. The van der Waals surface area contributed by atoms with E-state index in [1.807, 2.05) is 36.4 Å². The second-order valence-corrected chi connectivity index (χ2v) is 7.31. The first kappa shape index (κ1) is 18.8. The maximum absolute atomic E-state index is 13.0. The van der Waals surface area contributed by atoms with Crippen molar-refractivity contribution in [3.63, 3.8) is 0 Å². The smallest absolute Gasteiger partial charge is 0.339 e. The molecule has 1 aliphatic rings. The van der Waals surface area contributed by atoms with E-state index < -0.39 is 0 Å². The van der Waals surface area contributed by atoms with Gasteiger partial charge in [0.15, 0.2) is 0 Å². The fraction of sp³-hybridized carbons (Fsp3) is 0.304. The van der Waals surface area contributed by atoms with Gasteiger partial charge in [0.2, 0.25) is 0 Å². The first-order valence-electron chi connectivity index (χ1n) is 9.69. The maximum atomic E-state index is 13.0. The predicted octanol–water partition coefficient (Wildman–Crippen LogP) is 5.39. The highest BCUT2D eigenvalue weighted by molar-refractivity contribution is 6.32. The monoisotopic (exact) mass is 395 g/mol. The number of pyridine rings is 1. The van der Waals surface area contributed by atoms with Crippen LogP contribution in [0.3, 0.4) is 0 Å². The van der Waals surface area contributed by atoms with Crippen molar-refractivity contribution < 1.29 is 14.3 Å². The van der Waals surface area contributed by atoms with Crippen LogP contribution in [-0.4, -0.2) is 24.2 Å². The lowest BCUT2D eigenvalue weighted by molar-refractivity contribution is 0.0451. The van der Waals surface area contributed by atoms with Crippen LogP contribution >= 0.6 is 11.6 Å². The third kappa shape index (κ3) is 3.97. The van der Waals surface area contributed by atoms with Gasteiger partial charge in [0.1, 0.15) is 19.0 Å². The van der Waals surface area contributed by atoms with Gasteiger partial charge >= 0.3 is 5.97 Å². The standard InChI is InChI=1S/C23H22ClNO3/c24-18-10-5-7-13-21(18)27-14-15-28-23(26)22-16-8-2-1-3-11-19(16)25-20-12-6-4-9-17(20)22/h4-7,9-10,12-13H,1-3,8,11,14-15H2. The van der Waals surface area contributed by atoms with Crippen LogP contribution in [0.15, 0.2) is 48.5 Å². The van der Waals surface area contributed by atoms with Crippen molar-refractivity contribution in [2.75, 3.05) is 13.2 Å². The van der Waals surface area contributed by atoms with Gasteiger partial charge in [-0.05, 0) is 49.4 Å². The molecule has 0 aliphatic heterocycles. The average Bonchev–Trinajstić information content (AvgIpc) is 2.95. The normalized spacial score (nSPS) is 13.6. The fourth-order valence-electron chi connectivity index (χ4n) is 3.70. The number of fused-ring (bicyclic) bond motifs is 2. The second kappa shape index (κ2) is 8.61. The van der Waals surface area contributed by atoms with E-state index in [4.69, 9.17) is 26.1 Å². The molecular formula is C23H22ClNO3. The first-order valence-corrected chi connectivity index (χ1v) is 10.1. The molecule has 0 unspecified atom stereocenters. The largest absolute Gasteiger partial charge is 0.488 e. The molecule has 0 fully saturated rings. The van der Waals surface area contributed by atoms with Crippen molar-refractivity contribution in [1.29, 1.82) is 0 Å². The topological polar surface area (TPSA) is 48.4 Å². The summed E-state index contributed by atoms with van der Waals surface area (Å²) in [4.78, 5) is 17.8. The van der Waals surface area contributed by atoms with Gasteiger partial charge in [-0.25, -0.2) is 4.79 Å². The van der Waals surface area contributed by atoms with Gasteiger partial charge in [0.05, 0.1) is 16.1 Å².